The second kappa shape index (κ2) is 6.24. The van der Waals surface area contributed by atoms with Crippen molar-refractivity contribution in [2.45, 2.75) is 25.3 Å². The van der Waals surface area contributed by atoms with Crippen LogP contribution < -0.4 is 0 Å². The molecule has 2 aromatic rings. The fourth-order valence-corrected chi connectivity index (χ4v) is 3.03. The average Bonchev–Trinajstić information content (AvgIpc) is 2.96. The molecule has 0 saturated carbocycles. The van der Waals surface area contributed by atoms with Crippen molar-refractivity contribution >= 4 is 11.9 Å². The molecule has 0 radical (unpaired) electrons. The number of aliphatic carboxylic acids is 1. The molecule has 1 amide bonds. The first kappa shape index (κ1) is 15.3. The second-order valence-electron chi connectivity index (χ2n) is 5.86. The minimum atomic E-state index is -0.887. The summed E-state index contributed by atoms with van der Waals surface area (Å²) in [4.78, 5) is 29.7. The zero-order valence-corrected chi connectivity index (χ0v) is 13.0. The van der Waals surface area contributed by atoms with Crippen LogP contribution in [0.15, 0.2) is 36.8 Å². The number of nitrogens with zero attached hydrogens (tertiary/aromatic N) is 3. The maximum absolute atomic E-state index is 12.5. The highest BCUT2D eigenvalue weighted by Gasteiger charge is 2.32. The first-order valence-corrected chi connectivity index (χ1v) is 7.60. The van der Waals surface area contributed by atoms with E-state index in [1.54, 1.807) is 17.4 Å². The Morgan fingerprint density at radius 3 is 2.83 bits per heavy atom. The van der Waals surface area contributed by atoms with Crippen molar-refractivity contribution in [2.24, 2.45) is 7.05 Å². The molecule has 1 aromatic heterocycles. The van der Waals surface area contributed by atoms with E-state index in [0.717, 1.165) is 16.8 Å². The molecule has 120 valence electrons. The zero-order valence-electron chi connectivity index (χ0n) is 13.0. The van der Waals surface area contributed by atoms with Gasteiger partial charge in [0, 0.05) is 38.4 Å². The molecule has 1 aliphatic rings. The van der Waals surface area contributed by atoms with E-state index < -0.39 is 11.9 Å². The van der Waals surface area contributed by atoms with Crippen molar-refractivity contribution in [1.82, 2.24) is 14.5 Å². The van der Waals surface area contributed by atoms with Crippen LogP contribution in [0.5, 0.6) is 0 Å². The number of hydrogen-bond donors (Lipinski definition) is 1. The van der Waals surface area contributed by atoms with E-state index in [1.807, 2.05) is 35.9 Å². The minimum absolute atomic E-state index is 0.0213. The first-order valence-electron chi connectivity index (χ1n) is 7.60. The zero-order chi connectivity index (χ0) is 16.4. The molecule has 1 atom stereocenters. The molecule has 0 spiro atoms. The number of carboxylic acid groups (broad SMARTS) is 1. The van der Waals surface area contributed by atoms with Crippen LogP contribution in [0.25, 0.3) is 0 Å². The van der Waals surface area contributed by atoms with E-state index in [9.17, 15) is 14.7 Å². The summed E-state index contributed by atoms with van der Waals surface area (Å²) in [5, 5.41) is 9.45. The van der Waals surface area contributed by atoms with Gasteiger partial charge < -0.3 is 14.6 Å². The van der Waals surface area contributed by atoms with E-state index in [1.165, 1.54) is 0 Å². The molecule has 23 heavy (non-hydrogen) atoms. The lowest BCUT2D eigenvalue weighted by Gasteiger charge is -2.33. The Morgan fingerprint density at radius 2 is 2.13 bits per heavy atom. The standard InChI is InChI=1S/C17H19N3O3/c1-19-11-18-8-13(19)6-7-16(21)20-9-12-4-2-3-5-14(12)15(10-20)17(22)23/h2-5,8,11,15H,6-7,9-10H2,1H3,(H,22,23). The summed E-state index contributed by atoms with van der Waals surface area (Å²) in [5.74, 6) is -1.56. The highest BCUT2D eigenvalue weighted by molar-refractivity contribution is 5.81. The summed E-state index contributed by atoms with van der Waals surface area (Å²) >= 11 is 0. The molecule has 2 heterocycles. The van der Waals surface area contributed by atoms with Crippen molar-refractivity contribution in [3.63, 3.8) is 0 Å². The molecule has 1 aliphatic heterocycles. The molecular formula is C17H19N3O3. The maximum Gasteiger partial charge on any atom is 0.312 e. The number of aromatic nitrogens is 2. The predicted molar refractivity (Wildman–Crippen MR) is 83.8 cm³/mol. The Hall–Kier alpha value is -2.63. The summed E-state index contributed by atoms with van der Waals surface area (Å²) in [7, 11) is 1.89. The van der Waals surface area contributed by atoms with Gasteiger partial charge in [0.05, 0.1) is 12.2 Å². The number of benzene rings is 1. The van der Waals surface area contributed by atoms with Crippen molar-refractivity contribution in [3.05, 3.63) is 53.6 Å². The Bertz CT molecular complexity index is 738. The molecular weight excluding hydrogens is 294 g/mol. The topological polar surface area (TPSA) is 75.4 Å². The smallest absolute Gasteiger partial charge is 0.312 e. The highest BCUT2D eigenvalue weighted by Crippen LogP contribution is 2.28. The molecule has 3 rings (SSSR count). The van der Waals surface area contributed by atoms with Crippen LogP contribution in [-0.2, 0) is 29.6 Å². The highest BCUT2D eigenvalue weighted by atomic mass is 16.4. The Kier molecular flexibility index (Phi) is 4.14. The quantitative estimate of drug-likeness (QED) is 0.929. The number of amides is 1. The number of aryl methyl sites for hydroxylation is 2. The van der Waals surface area contributed by atoms with Gasteiger partial charge >= 0.3 is 5.97 Å². The lowest BCUT2D eigenvalue weighted by molar-refractivity contribution is -0.141. The SMILES string of the molecule is Cn1cncc1CCC(=O)N1Cc2ccccc2C(C(=O)O)C1. The van der Waals surface area contributed by atoms with Crippen LogP contribution in [0.2, 0.25) is 0 Å². The van der Waals surface area contributed by atoms with Gasteiger partial charge in [-0.15, -0.1) is 0 Å². The summed E-state index contributed by atoms with van der Waals surface area (Å²) < 4.78 is 1.89. The third kappa shape index (κ3) is 3.11. The van der Waals surface area contributed by atoms with Gasteiger partial charge in [0.15, 0.2) is 0 Å². The first-order chi connectivity index (χ1) is 11.1. The van der Waals surface area contributed by atoms with Crippen LogP contribution in [-0.4, -0.2) is 38.0 Å². The third-order valence-electron chi connectivity index (χ3n) is 4.36. The van der Waals surface area contributed by atoms with Gasteiger partial charge in [-0.2, -0.15) is 0 Å². The van der Waals surface area contributed by atoms with E-state index in [0.29, 0.717) is 19.4 Å². The molecule has 6 heteroatoms. The lowest BCUT2D eigenvalue weighted by Crippen LogP contribution is -2.40. The summed E-state index contributed by atoms with van der Waals surface area (Å²) in [5.41, 5.74) is 2.72. The van der Waals surface area contributed by atoms with Gasteiger partial charge in [-0.05, 0) is 17.5 Å². The maximum atomic E-state index is 12.5. The van der Waals surface area contributed by atoms with Gasteiger partial charge in [0.1, 0.15) is 0 Å². The van der Waals surface area contributed by atoms with Gasteiger partial charge in [-0.1, -0.05) is 24.3 Å². The number of rotatable bonds is 4. The Labute approximate surface area is 134 Å². The molecule has 1 N–H and O–H groups in total. The Balaban J connectivity index is 1.72. The van der Waals surface area contributed by atoms with E-state index in [4.69, 9.17) is 0 Å². The van der Waals surface area contributed by atoms with Gasteiger partial charge in [0.2, 0.25) is 5.91 Å². The van der Waals surface area contributed by atoms with Crippen LogP contribution in [0.4, 0.5) is 0 Å². The van der Waals surface area contributed by atoms with E-state index >= 15 is 0 Å². The fraction of sp³-hybridized carbons (Fsp3) is 0.353. The molecule has 6 nitrogen and oxygen atoms in total. The molecule has 0 bridgehead atoms. The number of fused-ring (bicyclic) bond motifs is 1. The lowest BCUT2D eigenvalue weighted by atomic mass is 9.89. The number of hydrogen-bond acceptors (Lipinski definition) is 3. The molecule has 1 aromatic carbocycles. The van der Waals surface area contributed by atoms with Crippen molar-refractivity contribution in [2.75, 3.05) is 6.54 Å². The van der Waals surface area contributed by atoms with E-state index in [-0.39, 0.29) is 12.5 Å². The molecule has 0 saturated heterocycles. The van der Waals surface area contributed by atoms with Crippen molar-refractivity contribution in [1.29, 1.82) is 0 Å². The molecule has 0 aliphatic carbocycles. The second-order valence-corrected chi connectivity index (χ2v) is 5.86. The molecule has 1 unspecified atom stereocenters. The number of carbonyl (C=O) groups is 2. The van der Waals surface area contributed by atoms with Crippen LogP contribution in [0, 0.1) is 0 Å². The Morgan fingerprint density at radius 1 is 1.35 bits per heavy atom. The number of carbonyl (C=O) groups excluding carboxylic acids is 1. The summed E-state index contributed by atoms with van der Waals surface area (Å²) in [6.07, 6.45) is 4.41. The average molecular weight is 313 g/mol. The van der Waals surface area contributed by atoms with Gasteiger partial charge in [-0.25, -0.2) is 4.98 Å². The van der Waals surface area contributed by atoms with Crippen molar-refractivity contribution in [3.8, 4) is 0 Å². The molecule has 0 fully saturated rings. The van der Waals surface area contributed by atoms with E-state index in [2.05, 4.69) is 4.98 Å². The number of carboxylic acids is 1. The van der Waals surface area contributed by atoms with Crippen molar-refractivity contribution < 1.29 is 14.7 Å². The van der Waals surface area contributed by atoms with Crippen LogP contribution in [0.3, 0.4) is 0 Å². The number of imidazole rings is 1. The van der Waals surface area contributed by atoms with Crippen LogP contribution >= 0.6 is 0 Å². The third-order valence-corrected chi connectivity index (χ3v) is 4.36. The van der Waals surface area contributed by atoms with Gasteiger partial charge in [0.25, 0.3) is 0 Å². The van der Waals surface area contributed by atoms with Crippen LogP contribution in [0.1, 0.15) is 29.2 Å². The summed E-state index contributed by atoms with van der Waals surface area (Å²) in [6.45, 7) is 0.709. The summed E-state index contributed by atoms with van der Waals surface area (Å²) in [6, 6.07) is 7.45. The monoisotopic (exact) mass is 313 g/mol. The largest absolute Gasteiger partial charge is 0.481 e. The fourth-order valence-electron chi connectivity index (χ4n) is 3.03. The van der Waals surface area contributed by atoms with Gasteiger partial charge in [-0.3, -0.25) is 9.59 Å². The minimum Gasteiger partial charge on any atom is -0.481 e. The normalized spacial score (nSPS) is 16.9. The predicted octanol–water partition coefficient (Wildman–Crippen LogP) is 1.56.